The summed E-state index contributed by atoms with van der Waals surface area (Å²) in [6.07, 6.45) is 4.02. The van der Waals surface area contributed by atoms with Crippen molar-refractivity contribution in [2.24, 2.45) is 5.73 Å². The molecule has 5 heteroatoms. The van der Waals surface area contributed by atoms with Crippen molar-refractivity contribution in [2.45, 2.75) is 37.9 Å². The smallest absolute Gasteiger partial charge is 0.249 e. The quantitative estimate of drug-likeness (QED) is 0.840. The summed E-state index contributed by atoms with van der Waals surface area (Å²) in [6.45, 7) is 3.26. The Morgan fingerprint density at radius 3 is 3.00 bits per heavy atom. The highest BCUT2D eigenvalue weighted by Crippen LogP contribution is 2.29. The van der Waals surface area contributed by atoms with E-state index in [0.717, 1.165) is 12.6 Å². The topological polar surface area (TPSA) is 58.4 Å². The summed E-state index contributed by atoms with van der Waals surface area (Å²) in [7, 11) is 0. The molecule has 98 valence electrons. The van der Waals surface area contributed by atoms with Gasteiger partial charge in [0.05, 0.1) is 5.56 Å². The number of hydrogen-bond acceptors (Lipinski definition) is 4. The van der Waals surface area contributed by atoms with Crippen LogP contribution >= 0.6 is 11.3 Å². The van der Waals surface area contributed by atoms with Crippen LogP contribution < -0.4 is 11.1 Å². The van der Waals surface area contributed by atoms with Gasteiger partial charge in [-0.15, -0.1) is 11.3 Å². The van der Waals surface area contributed by atoms with Gasteiger partial charge in [-0.25, -0.2) is 0 Å². The third kappa shape index (κ3) is 2.74. The molecule has 3 rings (SSSR count). The summed E-state index contributed by atoms with van der Waals surface area (Å²) < 4.78 is 0. The van der Waals surface area contributed by atoms with Crippen LogP contribution in [0, 0.1) is 0 Å². The second kappa shape index (κ2) is 4.99. The molecule has 0 spiro atoms. The number of primary amides is 1. The first kappa shape index (κ1) is 12.1. The molecule has 2 aliphatic rings. The normalized spacial score (nSPS) is 24.6. The highest BCUT2D eigenvalue weighted by molar-refractivity contribution is 7.10. The Labute approximate surface area is 111 Å². The van der Waals surface area contributed by atoms with Crippen LogP contribution in [0.4, 0.5) is 0 Å². The molecule has 1 saturated heterocycles. The van der Waals surface area contributed by atoms with Crippen LogP contribution in [0.2, 0.25) is 0 Å². The van der Waals surface area contributed by atoms with E-state index in [0.29, 0.717) is 11.6 Å². The highest BCUT2D eigenvalue weighted by Gasteiger charge is 2.34. The van der Waals surface area contributed by atoms with Crippen LogP contribution in [-0.2, 0) is 6.54 Å². The van der Waals surface area contributed by atoms with Crippen LogP contribution in [0.1, 0.15) is 34.5 Å². The molecule has 1 atom stereocenters. The first-order chi connectivity index (χ1) is 8.72. The van der Waals surface area contributed by atoms with Crippen LogP contribution in [0.3, 0.4) is 0 Å². The van der Waals surface area contributed by atoms with Gasteiger partial charge in [0.15, 0.2) is 0 Å². The van der Waals surface area contributed by atoms with Gasteiger partial charge in [0.1, 0.15) is 0 Å². The fourth-order valence-electron chi connectivity index (χ4n) is 2.57. The van der Waals surface area contributed by atoms with Gasteiger partial charge in [0, 0.05) is 42.0 Å². The molecule has 1 aliphatic carbocycles. The Balaban J connectivity index is 1.47. The van der Waals surface area contributed by atoms with Crippen LogP contribution in [0.25, 0.3) is 0 Å². The van der Waals surface area contributed by atoms with Crippen molar-refractivity contribution in [3.63, 3.8) is 0 Å². The monoisotopic (exact) mass is 265 g/mol. The van der Waals surface area contributed by atoms with Crippen LogP contribution in [-0.4, -0.2) is 36.0 Å². The maximum Gasteiger partial charge on any atom is 0.249 e. The summed E-state index contributed by atoms with van der Waals surface area (Å²) >= 11 is 1.60. The van der Waals surface area contributed by atoms with E-state index in [-0.39, 0.29) is 5.91 Å². The number of nitrogens with one attached hydrogen (secondary N) is 1. The number of rotatable bonds is 5. The van der Waals surface area contributed by atoms with E-state index in [1.807, 2.05) is 11.4 Å². The van der Waals surface area contributed by atoms with E-state index in [9.17, 15) is 4.79 Å². The van der Waals surface area contributed by atoms with E-state index >= 15 is 0 Å². The zero-order valence-electron chi connectivity index (χ0n) is 10.4. The molecular weight excluding hydrogens is 246 g/mol. The standard InChI is InChI=1S/C13H19N3OS/c14-13(17)9-5-12(18-8-9)6-15-10-3-4-16(7-10)11-1-2-11/h5,8,10-11,15H,1-4,6-7H2,(H2,14,17). The molecular formula is C13H19N3OS. The largest absolute Gasteiger partial charge is 0.366 e. The molecule has 1 aromatic heterocycles. The lowest BCUT2D eigenvalue weighted by Gasteiger charge is -2.15. The SMILES string of the molecule is NC(=O)c1csc(CNC2CCN(C3CC3)C2)c1. The zero-order valence-corrected chi connectivity index (χ0v) is 11.2. The fourth-order valence-corrected chi connectivity index (χ4v) is 3.40. The predicted molar refractivity (Wildman–Crippen MR) is 72.7 cm³/mol. The highest BCUT2D eigenvalue weighted by atomic mass is 32.1. The number of thiophene rings is 1. The van der Waals surface area contributed by atoms with Crippen molar-refractivity contribution < 1.29 is 4.79 Å². The van der Waals surface area contributed by atoms with Gasteiger partial charge in [0.2, 0.25) is 5.91 Å². The number of nitrogens with two attached hydrogens (primary N) is 1. The van der Waals surface area contributed by atoms with Gasteiger partial charge in [-0.05, 0) is 25.3 Å². The number of nitrogens with zero attached hydrogens (tertiary/aromatic N) is 1. The van der Waals surface area contributed by atoms with Gasteiger partial charge in [0.25, 0.3) is 0 Å². The summed E-state index contributed by atoms with van der Waals surface area (Å²) in [5, 5.41) is 5.42. The fraction of sp³-hybridized carbons (Fsp3) is 0.615. The molecule has 4 nitrogen and oxygen atoms in total. The van der Waals surface area contributed by atoms with Crippen LogP contribution in [0.15, 0.2) is 11.4 Å². The summed E-state index contributed by atoms with van der Waals surface area (Å²) in [5.74, 6) is -0.335. The second-order valence-corrected chi connectivity index (χ2v) is 6.25. The van der Waals surface area contributed by atoms with E-state index < -0.39 is 0 Å². The van der Waals surface area contributed by atoms with Crippen molar-refractivity contribution in [1.82, 2.24) is 10.2 Å². The number of hydrogen-bond donors (Lipinski definition) is 2. The molecule has 0 radical (unpaired) electrons. The minimum absolute atomic E-state index is 0.335. The molecule has 2 fully saturated rings. The third-order valence-electron chi connectivity index (χ3n) is 3.79. The molecule has 1 saturated carbocycles. The summed E-state index contributed by atoms with van der Waals surface area (Å²) in [6, 6.07) is 3.37. The lowest BCUT2D eigenvalue weighted by molar-refractivity contribution is 0.100. The first-order valence-electron chi connectivity index (χ1n) is 6.57. The summed E-state index contributed by atoms with van der Waals surface area (Å²) in [5.41, 5.74) is 5.87. The Hall–Kier alpha value is -0.910. The Morgan fingerprint density at radius 2 is 2.33 bits per heavy atom. The van der Waals surface area contributed by atoms with Crippen molar-refractivity contribution in [2.75, 3.05) is 13.1 Å². The number of carbonyl (C=O) groups excluding carboxylic acids is 1. The van der Waals surface area contributed by atoms with E-state index in [2.05, 4.69) is 10.2 Å². The first-order valence-corrected chi connectivity index (χ1v) is 7.45. The maximum absolute atomic E-state index is 11.0. The zero-order chi connectivity index (χ0) is 12.5. The average Bonchev–Trinajstić information content (AvgIpc) is 2.92. The Bertz CT molecular complexity index is 441. The number of carbonyl (C=O) groups is 1. The molecule has 1 unspecified atom stereocenters. The van der Waals surface area contributed by atoms with Crippen molar-refractivity contribution in [3.05, 3.63) is 21.9 Å². The van der Waals surface area contributed by atoms with Crippen molar-refractivity contribution >= 4 is 17.2 Å². The number of amides is 1. The molecule has 2 heterocycles. The minimum atomic E-state index is -0.335. The van der Waals surface area contributed by atoms with E-state index in [4.69, 9.17) is 5.73 Å². The predicted octanol–water partition coefficient (Wildman–Crippen LogP) is 1.17. The molecule has 1 aromatic rings. The van der Waals surface area contributed by atoms with Crippen molar-refractivity contribution in [3.8, 4) is 0 Å². The molecule has 1 aliphatic heterocycles. The van der Waals surface area contributed by atoms with E-state index in [1.54, 1.807) is 11.3 Å². The Kier molecular flexibility index (Phi) is 3.37. The minimum Gasteiger partial charge on any atom is -0.366 e. The average molecular weight is 265 g/mol. The molecule has 18 heavy (non-hydrogen) atoms. The molecule has 3 N–H and O–H groups in total. The van der Waals surface area contributed by atoms with Gasteiger partial charge >= 0.3 is 0 Å². The number of likely N-dealkylation sites (tertiary alicyclic amines) is 1. The summed E-state index contributed by atoms with van der Waals surface area (Å²) in [4.78, 5) is 14.8. The molecule has 0 aromatic carbocycles. The molecule has 1 amide bonds. The van der Waals surface area contributed by atoms with Gasteiger partial charge in [-0.1, -0.05) is 0 Å². The third-order valence-corrected chi connectivity index (χ3v) is 4.72. The lowest BCUT2D eigenvalue weighted by atomic mass is 10.2. The Morgan fingerprint density at radius 1 is 1.50 bits per heavy atom. The van der Waals surface area contributed by atoms with Gasteiger partial charge in [-0.3, -0.25) is 9.69 Å². The van der Waals surface area contributed by atoms with Crippen molar-refractivity contribution in [1.29, 1.82) is 0 Å². The van der Waals surface area contributed by atoms with Crippen LogP contribution in [0.5, 0.6) is 0 Å². The maximum atomic E-state index is 11.0. The lowest BCUT2D eigenvalue weighted by Crippen LogP contribution is -2.32. The second-order valence-electron chi connectivity index (χ2n) is 5.26. The van der Waals surface area contributed by atoms with Gasteiger partial charge in [-0.2, -0.15) is 0 Å². The van der Waals surface area contributed by atoms with E-state index in [1.165, 1.54) is 37.2 Å². The van der Waals surface area contributed by atoms with Gasteiger partial charge < -0.3 is 11.1 Å². The molecule has 0 bridgehead atoms.